The molecule has 0 N–H and O–H groups in total. The molecule has 1 heterocycles. The predicted molar refractivity (Wildman–Crippen MR) is 97.2 cm³/mol. The molecule has 28 heavy (non-hydrogen) atoms. The summed E-state index contributed by atoms with van der Waals surface area (Å²) in [4.78, 5) is 0.0767. The van der Waals surface area contributed by atoms with Crippen LogP contribution < -0.4 is 0 Å². The Morgan fingerprint density at radius 1 is 0.750 bits per heavy atom. The summed E-state index contributed by atoms with van der Waals surface area (Å²) in [5.41, 5.74) is -0.765. The molecule has 0 fully saturated rings. The summed E-state index contributed by atoms with van der Waals surface area (Å²) in [5.74, 6) is -0.240. The molecule has 0 unspecified atom stereocenters. The van der Waals surface area contributed by atoms with Gasteiger partial charge in [-0.2, -0.15) is 0 Å². The van der Waals surface area contributed by atoms with Crippen LogP contribution in [0.1, 0.15) is 36.1 Å². The first-order valence-electron chi connectivity index (χ1n) is 8.66. The van der Waals surface area contributed by atoms with Crippen LogP contribution in [0.25, 0.3) is 0 Å². The van der Waals surface area contributed by atoms with Gasteiger partial charge in [-0.25, -0.2) is 0 Å². The Hall–Kier alpha value is -1.72. The van der Waals surface area contributed by atoms with E-state index in [0.29, 0.717) is 11.1 Å². The molecular weight excluding hydrogens is 445 g/mol. The molecule has 0 aliphatic carbocycles. The third-order valence-electron chi connectivity index (χ3n) is 4.92. The summed E-state index contributed by atoms with van der Waals surface area (Å²) >= 11 is -0.282. The van der Waals surface area contributed by atoms with Crippen molar-refractivity contribution in [3.8, 4) is 0 Å². The summed E-state index contributed by atoms with van der Waals surface area (Å²) in [7, 11) is 0. The molecule has 7 heteroatoms. The van der Waals surface area contributed by atoms with E-state index in [4.69, 9.17) is 0 Å². The van der Waals surface area contributed by atoms with Gasteiger partial charge in [0.15, 0.2) is 0 Å². The van der Waals surface area contributed by atoms with Gasteiger partial charge in [0.1, 0.15) is 0 Å². The Morgan fingerprint density at radius 2 is 1.21 bits per heavy atom. The summed E-state index contributed by atoms with van der Waals surface area (Å²) in [6.45, 7) is 3.79. The average Bonchev–Trinajstić information content (AvgIpc) is 2.62. The second-order valence-electron chi connectivity index (χ2n) is 6.89. The van der Waals surface area contributed by atoms with Gasteiger partial charge < -0.3 is 0 Å². The van der Waals surface area contributed by atoms with E-state index in [1.54, 1.807) is 12.1 Å². The minimum atomic E-state index is -4.52. The first-order valence-corrected chi connectivity index (χ1v) is 10.5. The molecule has 2 aromatic rings. The molecule has 0 radical (unpaired) electrons. The van der Waals surface area contributed by atoms with E-state index >= 15 is 0 Å². The van der Waals surface area contributed by atoms with E-state index in [-0.39, 0.29) is 25.7 Å². The Labute approximate surface area is 165 Å². The van der Waals surface area contributed by atoms with Crippen LogP contribution in [0, 0.1) is 5.92 Å². The normalized spacial score (nSPS) is 22.3. The van der Waals surface area contributed by atoms with Gasteiger partial charge in [0.25, 0.3) is 0 Å². The SMILES string of the molecule is C[C@@H]1C=C[C@H](C)C(c2cccc(C(F)(F)F)c2)(c2cccc(C(F)(F)F)c2)[Se]1. The number of hydrogen-bond acceptors (Lipinski definition) is 0. The van der Waals surface area contributed by atoms with Gasteiger partial charge in [-0.1, -0.05) is 0 Å². The molecule has 1 aliphatic rings. The molecule has 0 amide bonds. The van der Waals surface area contributed by atoms with Crippen LogP contribution in [0.5, 0.6) is 0 Å². The van der Waals surface area contributed by atoms with Crippen molar-refractivity contribution in [2.75, 3.05) is 0 Å². The molecule has 0 saturated heterocycles. The molecule has 0 spiro atoms. The van der Waals surface area contributed by atoms with E-state index in [1.807, 2.05) is 26.0 Å². The fourth-order valence-electron chi connectivity index (χ4n) is 3.58. The summed E-state index contributed by atoms with van der Waals surface area (Å²) < 4.78 is 78.9. The van der Waals surface area contributed by atoms with Crippen molar-refractivity contribution in [3.63, 3.8) is 0 Å². The molecule has 2 atom stereocenters. The van der Waals surface area contributed by atoms with Crippen molar-refractivity contribution in [3.05, 3.63) is 82.9 Å². The fraction of sp³-hybridized carbons (Fsp3) is 0.333. The number of alkyl halides is 6. The Kier molecular flexibility index (Phi) is 5.45. The molecule has 0 aromatic heterocycles. The maximum atomic E-state index is 13.3. The second-order valence-corrected chi connectivity index (χ2v) is 10.3. The van der Waals surface area contributed by atoms with Crippen LogP contribution in [0.4, 0.5) is 26.3 Å². The molecule has 150 valence electrons. The van der Waals surface area contributed by atoms with Gasteiger partial charge in [-0.3, -0.25) is 0 Å². The zero-order valence-corrected chi connectivity index (χ0v) is 16.8. The van der Waals surface area contributed by atoms with Gasteiger partial charge in [0.2, 0.25) is 0 Å². The Morgan fingerprint density at radius 3 is 1.64 bits per heavy atom. The molecule has 0 bridgehead atoms. The van der Waals surface area contributed by atoms with Gasteiger partial charge >= 0.3 is 165 Å². The number of halogens is 6. The number of benzene rings is 2. The first-order chi connectivity index (χ1) is 12.9. The quantitative estimate of drug-likeness (QED) is 0.265. The molecular formula is C21H18F6Se. The van der Waals surface area contributed by atoms with E-state index in [2.05, 4.69) is 0 Å². The van der Waals surface area contributed by atoms with Crippen molar-refractivity contribution in [1.29, 1.82) is 0 Å². The van der Waals surface area contributed by atoms with Crippen LogP contribution in [-0.2, 0) is 16.7 Å². The average molecular weight is 463 g/mol. The molecule has 0 saturated carbocycles. The topological polar surface area (TPSA) is 0 Å². The number of hydrogen-bond donors (Lipinski definition) is 0. The zero-order chi connectivity index (χ0) is 20.7. The van der Waals surface area contributed by atoms with Crippen molar-refractivity contribution >= 4 is 15.0 Å². The number of allylic oxidation sites excluding steroid dienone is 2. The van der Waals surface area contributed by atoms with Gasteiger partial charge in [-0.15, -0.1) is 0 Å². The van der Waals surface area contributed by atoms with Crippen LogP contribution in [0.2, 0.25) is 4.82 Å². The van der Waals surface area contributed by atoms with Crippen molar-refractivity contribution in [1.82, 2.24) is 0 Å². The summed E-state index contributed by atoms with van der Waals surface area (Å²) in [6, 6.07) is 10.0. The van der Waals surface area contributed by atoms with E-state index in [1.165, 1.54) is 12.1 Å². The maximum absolute atomic E-state index is 13.3. The van der Waals surface area contributed by atoms with Crippen molar-refractivity contribution in [2.45, 2.75) is 35.3 Å². The monoisotopic (exact) mass is 464 g/mol. The van der Waals surface area contributed by atoms with E-state index < -0.39 is 27.8 Å². The molecule has 3 rings (SSSR count). The summed E-state index contributed by atoms with van der Waals surface area (Å²) in [6.07, 6.45) is -5.14. The second kappa shape index (κ2) is 7.27. The van der Waals surface area contributed by atoms with Gasteiger partial charge in [0, 0.05) is 0 Å². The zero-order valence-electron chi connectivity index (χ0n) is 15.1. The predicted octanol–water partition coefficient (Wildman–Crippen LogP) is 6.69. The molecule has 0 nitrogen and oxygen atoms in total. The van der Waals surface area contributed by atoms with Crippen LogP contribution in [0.15, 0.2) is 60.7 Å². The standard InChI is InChI=1S/C21H18F6Se/c1-13-9-10-14(2)28-19(13,15-5-3-7-17(11-15)20(22,23)24)16-6-4-8-18(12-16)21(25,26)27/h3-14H,1-2H3/t13-,14+/m0/s1. The van der Waals surface area contributed by atoms with E-state index in [0.717, 1.165) is 24.3 Å². The number of rotatable bonds is 2. The third kappa shape index (κ3) is 3.87. The van der Waals surface area contributed by atoms with Crippen LogP contribution in [-0.4, -0.2) is 15.0 Å². The van der Waals surface area contributed by atoms with E-state index in [9.17, 15) is 26.3 Å². The Bertz CT molecular complexity index is 823. The van der Waals surface area contributed by atoms with Crippen molar-refractivity contribution in [2.24, 2.45) is 5.92 Å². The fourth-order valence-corrected chi connectivity index (χ4v) is 6.88. The third-order valence-corrected chi connectivity index (χ3v) is 8.58. The minimum absolute atomic E-state index is 0.0767. The van der Waals surface area contributed by atoms with Crippen LogP contribution >= 0.6 is 0 Å². The van der Waals surface area contributed by atoms with Gasteiger partial charge in [0.05, 0.1) is 0 Å². The van der Waals surface area contributed by atoms with Crippen LogP contribution in [0.3, 0.4) is 0 Å². The molecule has 1 aliphatic heterocycles. The van der Waals surface area contributed by atoms with Crippen molar-refractivity contribution < 1.29 is 26.3 Å². The first kappa shape index (κ1) is 21.0. The van der Waals surface area contributed by atoms with Gasteiger partial charge in [-0.05, 0) is 0 Å². The molecule has 2 aromatic carbocycles. The summed E-state index contributed by atoms with van der Waals surface area (Å²) in [5, 5.41) is 0. The Balaban J connectivity index is 2.26.